The van der Waals surface area contributed by atoms with Crippen LogP contribution in [0.3, 0.4) is 0 Å². The van der Waals surface area contributed by atoms with E-state index in [4.69, 9.17) is 5.73 Å². The Kier molecular flexibility index (Phi) is 6.81. The van der Waals surface area contributed by atoms with Crippen LogP contribution in [0.1, 0.15) is 25.3 Å². The Morgan fingerprint density at radius 2 is 1.66 bits per heavy atom. The summed E-state index contributed by atoms with van der Waals surface area (Å²) in [5, 5.41) is 9.51. The van der Waals surface area contributed by atoms with Crippen molar-refractivity contribution >= 4 is 34.9 Å². The average molecular weight is 432 g/mol. The van der Waals surface area contributed by atoms with Crippen LogP contribution >= 0.6 is 0 Å². The molecule has 3 aromatic rings. The Labute approximate surface area is 188 Å². The molecule has 2 heterocycles. The third kappa shape index (κ3) is 6.18. The predicted octanol–water partition coefficient (Wildman–Crippen LogP) is 3.84. The van der Waals surface area contributed by atoms with Crippen LogP contribution in [-0.4, -0.2) is 39.9 Å². The van der Waals surface area contributed by atoms with Gasteiger partial charge in [0, 0.05) is 50.0 Å². The summed E-state index contributed by atoms with van der Waals surface area (Å²) in [6.45, 7) is 4.55. The lowest BCUT2D eigenvalue weighted by Gasteiger charge is -2.32. The molecular formula is C24H29N7O. The molecule has 0 unspecified atom stereocenters. The molecule has 1 amide bonds. The minimum atomic E-state index is -0.101. The van der Waals surface area contributed by atoms with E-state index in [-0.39, 0.29) is 11.9 Å². The molecule has 166 valence electrons. The molecule has 0 aliphatic carbocycles. The average Bonchev–Trinajstić information content (AvgIpc) is 2.76. The van der Waals surface area contributed by atoms with Crippen molar-refractivity contribution < 1.29 is 4.79 Å². The molecule has 1 saturated heterocycles. The summed E-state index contributed by atoms with van der Waals surface area (Å²) < 4.78 is 0. The summed E-state index contributed by atoms with van der Waals surface area (Å²) in [4.78, 5) is 22.3. The van der Waals surface area contributed by atoms with Crippen molar-refractivity contribution in [3.63, 3.8) is 0 Å². The lowest BCUT2D eigenvalue weighted by molar-refractivity contribution is -0.114. The number of benzene rings is 2. The van der Waals surface area contributed by atoms with Crippen LogP contribution in [0.5, 0.6) is 0 Å². The zero-order valence-electron chi connectivity index (χ0n) is 18.2. The Balaban J connectivity index is 1.32. The highest BCUT2D eigenvalue weighted by molar-refractivity contribution is 5.88. The van der Waals surface area contributed by atoms with Gasteiger partial charge < -0.3 is 21.7 Å². The zero-order valence-corrected chi connectivity index (χ0v) is 18.2. The van der Waals surface area contributed by atoms with E-state index < -0.39 is 0 Å². The van der Waals surface area contributed by atoms with Gasteiger partial charge in [-0.1, -0.05) is 30.3 Å². The number of piperidine rings is 1. The fourth-order valence-corrected chi connectivity index (χ4v) is 3.88. The van der Waals surface area contributed by atoms with E-state index in [0.717, 1.165) is 49.7 Å². The summed E-state index contributed by atoms with van der Waals surface area (Å²) in [7, 11) is 0. The molecule has 8 nitrogen and oxygen atoms in total. The summed E-state index contributed by atoms with van der Waals surface area (Å²) >= 11 is 0. The molecule has 1 aliphatic heterocycles. The molecule has 2 aromatic carbocycles. The molecular weight excluding hydrogens is 402 g/mol. The van der Waals surface area contributed by atoms with Crippen LogP contribution in [0, 0.1) is 0 Å². The maximum Gasteiger partial charge on any atom is 0.223 e. The summed E-state index contributed by atoms with van der Waals surface area (Å²) in [6.07, 6.45) is 2.09. The number of carbonyl (C=O) groups is 1. The first-order chi connectivity index (χ1) is 15.5. The summed E-state index contributed by atoms with van der Waals surface area (Å²) in [5.41, 5.74) is 8.88. The van der Waals surface area contributed by atoms with Crippen molar-refractivity contribution in [1.82, 2.24) is 14.9 Å². The van der Waals surface area contributed by atoms with E-state index in [2.05, 4.69) is 61.2 Å². The standard InChI is InChI=1S/C24H29N7O/c1-17(32)26-19-7-9-20(10-8-19)27-22-15-23(30-24(25)29-22)28-21-11-13-31(14-12-21)16-18-5-3-2-4-6-18/h2-10,15,21H,11-14,16H2,1H3,(H,26,32)(H4,25,27,28,29,30). The number of carbonyl (C=O) groups excluding carboxylic acids is 1. The van der Waals surface area contributed by atoms with Crippen molar-refractivity contribution in [3.8, 4) is 0 Å². The number of amides is 1. The van der Waals surface area contributed by atoms with E-state index >= 15 is 0 Å². The molecule has 1 fully saturated rings. The van der Waals surface area contributed by atoms with E-state index in [1.54, 1.807) is 0 Å². The Bertz CT molecular complexity index is 1030. The zero-order chi connectivity index (χ0) is 22.3. The molecule has 4 rings (SSSR count). The van der Waals surface area contributed by atoms with Gasteiger partial charge in [0.2, 0.25) is 11.9 Å². The normalized spacial score (nSPS) is 14.7. The number of aromatic nitrogens is 2. The van der Waals surface area contributed by atoms with Gasteiger partial charge in [-0.15, -0.1) is 0 Å². The first-order valence-electron chi connectivity index (χ1n) is 10.9. The second kappa shape index (κ2) is 10.1. The van der Waals surface area contributed by atoms with Gasteiger partial charge in [-0.05, 0) is 42.7 Å². The first-order valence-corrected chi connectivity index (χ1v) is 10.9. The van der Waals surface area contributed by atoms with E-state index in [0.29, 0.717) is 11.9 Å². The molecule has 0 spiro atoms. The minimum absolute atomic E-state index is 0.101. The molecule has 1 aromatic heterocycles. The van der Waals surface area contributed by atoms with Crippen molar-refractivity contribution in [2.24, 2.45) is 0 Å². The van der Waals surface area contributed by atoms with Crippen LogP contribution in [0.15, 0.2) is 60.7 Å². The monoisotopic (exact) mass is 431 g/mol. The molecule has 32 heavy (non-hydrogen) atoms. The summed E-state index contributed by atoms with van der Waals surface area (Å²) in [6, 6.07) is 20.2. The molecule has 0 bridgehead atoms. The van der Waals surface area contributed by atoms with E-state index in [1.807, 2.05) is 30.3 Å². The van der Waals surface area contributed by atoms with Crippen LogP contribution in [0.4, 0.5) is 29.0 Å². The number of nitrogens with one attached hydrogen (secondary N) is 3. The second-order valence-electron chi connectivity index (χ2n) is 8.06. The van der Waals surface area contributed by atoms with Gasteiger partial charge in [0.05, 0.1) is 0 Å². The van der Waals surface area contributed by atoms with Gasteiger partial charge in [-0.2, -0.15) is 9.97 Å². The Hall–Kier alpha value is -3.65. The summed E-state index contributed by atoms with van der Waals surface area (Å²) in [5.74, 6) is 1.45. The lowest BCUT2D eigenvalue weighted by atomic mass is 10.0. The van der Waals surface area contributed by atoms with E-state index in [1.165, 1.54) is 12.5 Å². The second-order valence-corrected chi connectivity index (χ2v) is 8.06. The van der Waals surface area contributed by atoms with Crippen LogP contribution < -0.4 is 21.7 Å². The van der Waals surface area contributed by atoms with Gasteiger partial charge in [-0.3, -0.25) is 9.69 Å². The van der Waals surface area contributed by atoms with Gasteiger partial charge in [0.25, 0.3) is 0 Å². The van der Waals surface area contributed by atoms with Gasteiger partial charge >= 0.3 is 0 Å². The number of nitrogens with two attached hydrogens (primary N) is 1. The van der Waals surface area contributed by atoms with Crippen LogP contribution in [0.25, 0.3) is 0 Å². The van der Waals surface area contributed by atoms with Crippen molar-refractivity contribution in [2.75, 3.05) is 34.8 Å². The molecule has 5 N–H and O–H groups in total. The number of hydrogen-bond acceptors (Lipinski definition) is 7. The Morgan fingerprint density at radius 3 is 2.34 bits per heavy atom. The topological polar surface area (TPSA) is 108 Å². The maximum absolute atomic E-state index is 11.2. The lowest BCUT2D eigenvalue weighted by Crippen LogP contribution is -2.38. The highest BCUT2D eigenvalue weighted by Gasteiger charge is 2.20. The smallest absolute Gasteiger partial charge is 0.223 e. The van der Waals surface area contributed by atoms with Gasteiger partial charge in [0.1, 0.15) is 11.6 Å². The number of nitrogen functional groups attached to an aromatic ring is 1. The number of likely N-dealkylation sites (tertiary alicyclic amines) is 1. The van der Waals surface area contributed by atoms with E-state index in [9.17, 15) is 4.79 Å². The third-order valence-electron chi connectivity index (χ3n) is 5.41. The SMILES string of the molecule is CC(=O)Nc1ccc(Nc2cc(NC3CCN(Cc4ccccc4)CC3)nc(N)n2)cc1. The highest BCUT2D eigenvalue weighted by Crippen LogP contribution is 2.22. The quantitative estimate of drug-likeness (QED) is 0.450. The number of anilines is 5. The van der Waals surface area contributed by atoms with Crippen molar-refractivity contribution in [1.29, 1.82) is 0 Å². The van der Waals surface area contributed by atoms with Gasteiger partial charge in [-0.25, -0.2) is 0 Å². The first kappa shape index (κ1) is 21.6. The highest BCUT2D eigenvalue weighted by atomic mass is 16.1. The molecule has 0 atom stereocenters. The van der Waals surface area contributed by atoms with Crippen molar-refractivity contribution in [2.45, 2.75) is 32.4 Å². The number of rotatable bonds is 7. The maximum atomic E-state index is 11.2. The minimum Gasteiger partial charge on any atom is -0.368 e. The van der Waals surface area contributed by atoms with Gasteiger partial charge in [0.15, 0.2) is 0 Å². The van der Waals surface area contributed by atoms with Crippen LogP contribution in [0.2, 0.25) is 0 Å². The molecule has 0 radical (unpaired) electrons. The molecule has 0 saturated carbocycles. The number of nitrogens with zero attached hydrogens (tertiary/aromatic N) is 3. The molecule has 8 heteroatoms. The third-order valence-corrected chi connectivity index (χ3v) is 5.41. The number of hydrogen-bond donors (Lipinski definition) is 4. The fourth-order valence-electron chi connectivity index (χ4n) is 3.88. The van der Waals surface area contributed by atoms with Crippen LogP contribution in [-0.2, 0) is 11.3 Å². The Morgan fingerprint density at radius 1 is 1.00 bits per heavy atom. The largest absolute Gasteiger partial charge is 0.368 e. The predicted molar refractivity (Wildman–Crippen MR) is 129 cm³/mol. The van der Waals surface area contributed by atoms with Crippen molar-refractivity contribution in [3.05, 3.63) is 66.2 Å². The fraction of sp³-hybridized carbons (Fsp3) is 0.292. The molecule has 1 aliphatic rings.